The molecule has 0 saturated carbocycles. The number of amides is 1. The average molecular weight is 336 g/mol. The number of nitrogens with one attached hydrogen (secondary N) is 1. The number of carbonyl (C=O) groups is 1. The van der Waals surface area contributed by atoms with Gasteiger partial charge in [-0.2, -0.15) is 10.2 Å². The van der Waals surface area contributed by atoms with Crippen molar-refractivity contribution in [1.29, 1.82) is 0 Å². The van der Waals surface area contributed by atoms with E-state index in [4.69, 9.17) is 0 Å². The zero-order valence-electron chi connectivity index (χ0n) is 14.1. The van der Waals surface area contributed by atoms with E-state index in [9.17, 15) is 4.79 Å². The number of aromatic nitrogens is 5. The average Bonchev–Trinajstić information content (AvgIpc) is 3.35. The Morgan fingerprint density at radius 2 is 2.16 bits per heavy atom. The molecular weight excluding hydrogens is 316 g/mol. The number of benzene rings is 1. The topological polar surface area (TPSA) is 79.7 Å². The van der Waals surface area contributed by atoms with Crippen LogP contribution < -0.4 is 0 Å². The van der Waals surface area contributed by atoms with Crippen molar-refractivity contribution in [1.82, 2.24) is 29.9 Å². The van der Waals surface area contributed by atoms with Gasteiger partial charge in [0.2, 0.25) is 0 Å². The molecule has 4 rings (SSSR count). The number of carbonyl (C=O) groups excluding carboxylic acids is 1. The van der Waals surface area contributed by atoms with Crippen molar-refractivity contribution in [2.24, 2.45) is 0 Å². The van der Waals surface area contributed by atoms with Gasteiger partial charge in [-0.25, -0.2) is 4.98 Å². The second kappa shape index (κ2) is 6.51. The van der Waals surface area contributed by atoms with E-state index in [0.717, 1.165) is 30.2 Å². The van der Waals surface area contributed by atoms with Crippen molar-refractivity contribution >= 4 is 5.91 Å². The lowest BCUT2D eigenvalue weighted by Crippen LogP contribution is -2.28. The van der Waals surface area contributed by atoms with Crippen molar-refractivity contribution in [2.75, 3.05) is 13.1 Å². The van der Waals surface area contributed by atoms with Gasteiger partial charge in [0.1, 0.15) is 5.82 Å². The van der Waals surface area contributed by atoms with Crippen molar-refractivity contribution in [3.63, 3.8) is 0 Å². The van der Waals surface area contributed by atoms with Gasteiger partial charge in [-0.05, 0) is 18.9 Å². The Morgan fingerprint density at radius 1 is 1.32 bits per heavy atom. The van der Waals surface area contributed by atoms with Gasteiger partial charge in [0.05, 0.1) is 18.3 Å². The second-order valence-corrected chi connectivity index (χ2v) is 6.43. The van der Waals surface area contributed by atoms with Gasteiger partial charge in [0.25, 0.3) is 5.91 Å². The van der Waals surface area contributed by atoms with Gasteiger partial charge in [-0.1, -0.05) is 30.3 Å². The fraction of sp³-hybridized carbons (Fsp3) is 0.333. The van der Waals surface area contributed by atoms with Crippen LogP contribution in [0.2, 0.25) is 0 Å². The van der Waals surface area contributed by atoms with Crippen LogP contribution >= 0.6 is 0 Å². The van der Waals surface area contributed by atoms with E-state index in [2.05, 4.69) is 20.3 Å². The maximum absolute atomic E-state index is 12.7. The smallest absolute Gasteiger partial charge is 0.257 e. The minimum absolute atomic E-state index is 0.0223. The van der Waals surface area contributed by atoms with Gasteiger partial charge in [-0.3, -0.25) is 14.6 Å². The molecule has 1 aliphatic rings. The first-order valence-electron chi connectivity index (χ1n) is 8.43. The van der Waals surface area contributed by atoms with E-state index in [1.165, 1.54) is 0 Å². The molecule has 7 nitrogen and oxygen atoms in total. The summed E-state index contributed by atoms with van der Waals surface area (Å²) in [5.74, 6) is 1.83. The standard InChI is InChI=1S/C18H20N6O/c1-13-20-17(22-21-13)15-7-8-23(11-15)18(25)16-9-19-24(12-16)10-14-5-3-2-4-6-14/h2-6,9,12,15H,7-8,10-11H2,1H3,(H,20,21,22). The van der Waals surface area contributed by atoms with Crippen LogP contribution in [0.3, 0.4) is 0 Å². The Balaban J connectivity index is 1.42. The monoisotopic (exact) mass is 336 g/mol. The third-order valence-corrected chi connectivity index (χ3v) is 4.52. The van der Waals surface area contributed by atoms with Gasteiger partial charge >= 0.3 is 0 Å². The lowest BCUT2D eigenvalue weighted by molar-refractivity contribution is 0.0790. The molecule has 1 saturated heterocycles. The number of H-pyrrole nitrogens is 1. The van der Waals surface area contributed by atoms with Gasteiger partial charge in [-0.15, -0.1) is 0 Å². The van der Waals surface area contributed by atoms with Crippen LogP contribution in [-0.4, -0.2) is 48.9 Å². The van der Waals surface area contributed by atoms with Crippen molar-refractivity contribution < 1.29 is 4.79 Å². The molecule has 3 aromatic rings. The Hall–Kier alpha value is -2.96. The normalized spacial score (nSPS) is 17.2. The predicted molar refractivity (Wildman–Crippen MR) is 92.2 cm³/mol. The number of aryl methyl sites for hydroxylation is 1. The van der Waals surface area contributed by atoms with Crippen molar-refractivity contribution in [3.8, 4) is 0 Å². The first kappa shape index (κ1) is 15.6. The molecule has 1 fully saturated rings. The Labute approximate surface area is 145 Å². The fourth-order valence-electron chi connectivity index (χ4n) is 3.21. The summed E-state index contributed by atoms with van der Waals surface area (Å²) in [5.41, 5.74) is 1.79. The molecule has 1 aromatic carbocycles. The largest absolute Gasteiger partial charge is 0.338 e. The Kier molecular flexibility index (Phi) is 4.05. The van der Waals surface area contributed by atoms with Crippen LogP contribution in [0.15, 0.2) is 42.7 Å². The van der Waals surface area contributed by atoms with Crippen molar-refractivity contribution in [2.45, 2.75) is 25.8 Å². The molecule has 0 spiro atoms. The summed E-state index contributed by atoms with van der Waals surface area (Å²) < 4.78 is 1.80. The summed E-state index contributed by atoms with van der Waals surface area (Å²) in [6, 6.07) is 10.1. The quantitative estimate of drug-likeness (QED) is 0.790. The summed E-state index contributed by atoms with van der Waals surface area (Å²) in [6.45, 7) is 3.92. The van der Waals surface area contributed by atoms with E-state index >= 15 is 0 Å². The van der Waals surface area contributed by atoms with Crippen LogP contribution in [0.4, 0.5) is 0 Å². The molecule has 3 heterocycles. The molecule has 1 unspecified atom stereocenters. The molecule has 1 N–H and O–H groups in total. The molecule has 1 atom stereocenters. The van der Waals surface area contributed by atoms with E-state index < -0.39 is 0 Å². The highest BCUT2D eigenvalue weighted by atomic mass is 16.2. The summed E-state index contributed by atoms with van der Waals surface area (Å²) in [5, 5.41) is 11.4. The van der Waals surface area contributed by atoms with Gasteiger partial charge in [0.15, 0.2) is 5.82 Å². The molecule has 128 valence electrons. The molecule has 0 radical (unpaired) electrons. The minimum atomic E-state index is 0.0223. The Bertz CT molecular complexity index is 869. The molecule has 1 amide bonds. The lowest BCUT2D eigenvalue weighted by Gasteiger charge is -2.14. The summed E-state index contributed by atoms with van der Waals surface area (Å²) in [4.78, 5) is 19.0. The number of rotatable bonds is 4. The third-order valence-electron chi connectivity index (χ3n) is 4.52. The summed E-state index contributed by atoms with van der Waals surface area (Å²) in [6.07, 6.45) is 4.36. The number of aromatic amines is 1. The van der Waals surface area contributed by atoms with E-state index in [1.54, 1.807) is 10.9 Å². The van der Waals surface area contributed by atoms with Crippen LogP contribution in [0.5, 0.6) is 0 Å². The van der Waals surface area contributed by atoms with Gasteiger partial charge < -0.3 is 4.90 Å². The number of nitrogens with zero attached hydrogens (tertiary/aromatic N) is 5. The maximum Gasteiger partial charge on any atom is 0.257 e. The number of hydrogen-bond donors (Lipinski definition) is 1. The second-order valence-electron chi connectivity index (χ2n) is 6.43. The zero-order chi connectivity index (χ0) is 17.2. The van der Waals surface area contributed by atoms with E-state index in [0.29, 0.717) is 18.7 Å². The summed E-state index contributed by atoms with van der Waals surface area (Å²) >= 11 is 0. The van der Waals surface area contributed by atoms with E-state index in [-0.39, 0.29) is 11.8 Å². The maximum atomic E-state index is 12.7. The predicted octanol–water partition coefficient (Wildman–Crippen LogP) is 1.99. The number of hydrogen-bond acceptors (Lipinski definition) is 4. The molecule has 2 aromatic heterocycles. The van der Waals surface area contributed by atoms with Crippen LogP contribution in [0, 0.1) is 6.92 Å². The Morgan fingerprint density at radius 3 is 2.92 bits per heavy atom. The zero-order valence-corrected chi connectivity index (χ0v) is 14.1. The van der Waals surface area contributed by atoms with Crippen LogP contribution in [-0.2, 0) is 6.54 Å². The molecule has 25 heavy (non-hydrogen) atoms. The molecule has 0 aliphatic carbocycles. The van der Waals surface area contributed by atoms with Gasteiger partial charge in [0, 0.05) is 25.2 Å². The molecule has 7 heteroatoms. The minimum Gasteiger partial charge on any atom is -0.338 e. The molecule has 1 aliphatic heterocycles. The molecule has 0 bridgehead atoms. The number of likely N-dealkylation sites (tertiary alicyclic amines) is 1. The van der Waals surface area contributed by atoms with E-state index in [1.807, 2.05) is 48.4 Å². The highest BCUT2D eigenvalue weighted by molar-refractivity contribution is 5.94. The van der Waals surface area contributed by atoms with Crippen molar-refractivity contribution in [3.05, 3.63) is 65.5 Å². The highest BCUT2D eigenvalue weighted by Gasteiger charge is 2.30. The first-order chi connectivity index (χ1) is 12.2. The third kappa shape index (κ3) is 3.31. The molecular formula is C18H20N6O. The lowest BCUT2D eigenvalue weighted by atomic mass is 10.1. The fourth-order valence-corrected chi connectivity index (χ4v) is 3.21. The first-order valence-corrected chi connectivity index (χ1v) is 8.43. The van der Waals surface area contributed by atoms with Crippen LogP contribution in [0.1, 0.15) is 39.9 Å². The highest BCUT2D eigenvalue weighted by Crippen LogP contribution is 2.25. The van der Waals surface area contributed by atoms with Crippen LogP contribution in [0.25, 0.3) is 0 Å². The summed E-state index contributed by atoms with van der Waals surface area (Å²) in [7, 11) is 0. The SMILES string of the molecule is Cc1nc(C2CCN(C(=O)c3cnn(Cc4ccccc4)c3)C2)n[nH]1.